The van der Waals surface area contributed by atoms with Crippen molar-refractivity contribution in [2.45, 2.75) is 65.0 Å². The molecule has 44 heavy (non-hydrogen) atoms. The number of benzene rings is 3. The van der Waals surface area contributed by atoms with Gasteiger partial charge in [0.05, 0.1) is 31.0 Å². The summed E-state index contributed by atoms with van der Waals surface area (Å²) in [6.07, 6.45) is 2.36. The minimum atomic E-state index is -3.03. The summed E-state index contributed by atoms with van der Waals surface area (Å²) in [5, 5.41) is 19.1. The van der Waals surface area contributed by atoms with Crippen molar-refractivity contribution in [3.05, 3.63) is 102 Å². The number of morpholine rings is 1. The Labute approximate surface area is 258 Å². The molecule has 0 bridgehead atoms. The van der Waals surface area contributed by atoms with Crippen LogP contribution in [-0.4, -0.2) is 59.3 Å². The maximum Gasteiger partial charge on any atom is 0.261 e. The number of halogens is 2. The molecule has 1 aliphatic rings. The Kier molecular flexibility index (Phi) is 9.28. The van der Waals surface area contributed by atoms with Crippen LogP contribution in [0.3, 0.4) is 0 Å². The van der Waals surface area contributed by atoms with Crippen LogP contribution in [0, 0.1) is 11.6 Å². The van der Waals surface area contributed by atoms with E-state index in [4.69, 9.17) is 9.16 Å². The van der Waals surface area contributed by atoms with Gasteiger partial charge in [-0.3, -0.25) is 0 Å². The van der Waals surface area contributed by atoms with E-state index in [1.54, 1.807) is 6.07 Å². The summed E-state index contributed by atoms with van der Waals surface area (Å²) >= 11 is 0. The Morgan fingerprint density at radius 2 is 1.59 bits per heavy atom. The lowest BCUT2D eigenvalue weighted by Crippen LogP contribution is -2.66. The van der Waals surface area contributed by atoms with Gasteiger partial charge in [-0.1, -0.05) is 86.6 Å². The zero-order valence-corrected chi connectivity index (χ0v) is 26.7. The van der Waals surface area contributed by atoms with Crippen LogP contribution in [0.5, 0.6) is 0 Å². The van der Waals surface area contributed by atoms with Gasteiger partial charge in [-0.25, -0.2) is 18.4 Å². The highest BCUT2D eigenvalue weighted by Gasteiger charge is 2.50. The molecule has 2 atom stereocenters. The van der Waals surface area contributed by atoms with Gasteiger partial charge < -0.3 is 19.3 Å². The van der Waals surface area contributed by atoms with E-state index < -0.39 is 20.0 Å². The molecule has 0 saturated carbocycles. The average Bonchev–Trinajstić information content (AvgIpc) is 3.51. The minimum Gasteiger partial charge on any atom is -0.411 e. The topological polar surface area (TPSA) is 85.0 Å². The number of anilines is 1. The second kappa shape index (κ2) is 13.0. The van der Waals surface area contributed by atoms with Crippen LogP contribution in [0.25, 0.3) is 0 Å². The van der Waals surface area contributed by atoms with Crippen LogP contribution in [0.2, 0.25) is 5.04 Å². The molecule has 5 rings (SSSR count). The first-order chi connectivity index (χ1) is 21.0. The minimum absolute atomic E-state index is 0.00499. The lowest BCUT2D eigenvalue weighted by molar-refractivity contribution is -0.00553. The van der Waals surface area contributed by atoms with Crippen molar-refractivity contribution in [1.29, 1.82) is 0 Å². The summed E-state index contributed by atoms with van der Waals surface area (Å²) < 4.78 is 46.8. The Morgan fingerprint density at radius 3 is 2.09 bits per heavy atom. The number of hydrogen-bond acceptors (Lipinski definition) is 7. The van der Waals surface area contributed by atoms with Crippen LogP contribution < -0.4 is 15.3 Å². The molecule has 4 aromatic rings. The fourth-order valence-corrected chi connectivity index (χ4v) is 10.8. The SMILES string of the molecule is C[C@@H]1CN(c2c(CO[Si](c3ccccc3)(c3ccccc3)C(C)(C)C)cc(/C(Cn3cncn3)=N/O)c(F)c2F)C[C@H](C)O1. The van der Waals surface area contributed by atoms with Crippen LogP contribution in [0.4, 0.5) is 14.5 Å². The van der Waals surface area contributed by atoms with Gasteiger partial charge in [0.1, 0.15) is 18.4 Å². The fourth-order valence-electron chi connectivity index (χ4n) is 6.28. The Balaban J connectivity index is 1.67. The molecule has 0 amide bonds. The summed E-state index contributed by atoms with van der Waals surface area (Å²) in [5.41, 5.74) is 0.325. The fraction of sp³-hybridized carbons (Fsp3) is 0.364. The maximum absolute atomic E-state index is 16.4. The lowest BCUT2D eigenvalue weighted by Gasteiger charge is -2.43. The standard InChI is InChI=1S/C33H39F2N5O3Si/c1-23-17-39(18-24(2)43-23)32-25(16-28(30(34)31(32)35)29(38-41)19-40-22-36-21-37-40)20-42-44(33(3,4)5,26-12-8-6-9-13-26)27-14-10-7-11-15-27/h6-16,21-24,41H,17-20H2,1-5H3/b38-29+/t23-,24+. The second-order valence-corrected chi connectivity index (χ2v) is 16.6. The summed E-state index contributed by atoms with van der Waals surface area (Å²) in [5.74, 6) is -2.13. The van der Waals surface area contributed by atoms with E-state index in [0.717, 1.165) is 10.4 Å². The van der Waals surface area contributed by atoms with Gasteiger partial charge in [-0.05, 0) is 35.3 Å². The molecule has 0 radical (unpaired) electrons. The zero-order chi connectivity index (χ0) is 31.5. The molecule has 232 valence electrons. The molecule has 0 spiro atoms. The van der Waals surface area contributed by atoms with Crippen LogP contribution in [-0.2, 0) is 22.3 Å². The number of rotatable bonds is 9. The Bertz CT molecular complexity index is 1530. The molecule has 1 saturated heterocycles. The highest BCUT2D eigenvalue weighted by atomic mass is 28.4. The molecule has 2 heterocycles. The third-order valence-corrected chi connectivity index (χ3v) is 13.0. The smallest absolute Gasteiger partial charge is 0.261 e. The molecular weight excluding hydrogens is 580 g/mol. The Hall–Kier alpha value is -3.93. The van der Waals surface area contributed by atoms with Gasteiger partial charge in [0, 0.05) is 24.2 Å². The number of oxime groups is 1. The van der Waals surface area contributed by atoms with Crippen molar-refractivity contribution in [2.24, 2.45) is 5.16 Å². The van der Waals surface area contributed by atoms with Crippen molar-refractivity contribution in [2.75, 3.05) is 18.0 Å². The van der Waals surface area contributed by atoms with E-state index in [1.165, 1.54) is 17.3 Å². The van der Waals surface area contributed by atoms with E-state index in [0.29, 0.717) is 18.7 Å². The van der Waals surface area contributed by atoms with Gasteiger partial charge in [0.2, 0.25) is 0 Å². The number of aromatic nitrogens is 3. The number of hydrogen-bond donors (Lipinski definition) is 1. The zero-order valence-electron chi connectivity index (χ0n) is 25.7. The van der Waals surface area contributed by atoms with Crippen LogP contribution in [0.15, 0.2) is 84.5 Å². The van der Waals surface area contributed by atoms with Gasteiger partial charge in [-0.2, -0.15) is 5.10 Å². The third kappa shape index (κ3) is 6.17. The molecule has 1 N–H and O–H groups in total. The highest BCUT2D eigenvalue weighted by Crippen LogP contribution is 2.39. The van der Waals surface area contributed by atoms with Crippen molar-refractivity contribution < 1.29 is 23.2 Å². The van der Waals surface area contributed by atoms with Crippen LogP contribution >= 0.6 is 0 Å². The lowest BCUT2D eigenvalue weighted by atomic mass is 10.0. The number of nitrogens with zero attached hydrogens (tertiary/aromatic N) is 5. The van der Waals surface area contributed by atoms with E-state index in [1.807, 2.05) is 55.1 Å². The molecule has 11 heteroatoms. The molecule has 8 nitrogen and oxygen atoms in total. The summed E-state index contributed by atoms with van der Waals surface area (Å²) in [7, 11) is -3.03. The molecule has 0 unspecified atom stereocenters. The first kappa shape index (κ1) is 31.5. The summed E-state index contributed by atoms with van der Waals surface area (Å²) in [6.45, 7) is 11.0. The van der Waals surface area contributed by atoms with Crippen molar-refractivity contribution in [3.8, 4) is 0 Å². The van der Waals surface area contributed by atoms with Crippen LogP contribution in [0.1, 0.15) is 45.7 Å². The van der Waals surface area contributed by atoms with Gasteiger partial charge in [0.15, 0.2) is 11.6 Å². The Morgan fingerprint density at radius 1 is 1.00 bits per heavy atom. The molecule has 1 aromatic heterocycles. The van der Waals surface area contributed by atoms with Crippen molar-refractivity contribution in [1.82, 2.24) is 14.8 Å². The highest BCUT2D eigenvalue weighted by molar-refractivity contribution is 6.99. The van der Waals surface area contributed by atoms with Gasteiger partial charge >= 0.3 is 0 Å². The van der Waals surface area contributed by atoms with E-state index >= 15 is 8.78 Å². The van der Waals surface area contributed by atoms with Gasteiger partial charge in [-0.15, -0.1) is 0 Å². The molecule has 1 aliphatic heterocycles. The predicted molar refractivity (Wildman–Crippen MR) is 169 cm³/mol. The molecule has 1 fully saturated rings. The van der Waals surface area contributed by atoms with Crippen molar-refractivity contribution in [3.63, 3.8) is 0 Å². The second-order valence-electron chi connectivity index (χ2n) is 12.3. The summed E-state index contributed by atoms with van der Waals surface area (Å²) in [4.78, 5) is 5.73. The van der Waals surface area contributed by atoms with E-state index in [-0.39, 0.29) is 47.4 Å². The average molecular weight is 620 g/mol. The molecule has 3 aromatic carbocycles. The third-order valence-electron chi connectivity index (χ3n) is 8.07. The largest absolute Gasteiger partial charge is 0.411 e. The maximum atomic E-state index is 16.4. The van der Waals surface area contributed by atoms with E-state index in [2.05, 4.69) is 60.3 Å². The number of ether oxygens (including phenoxy) is 1. The predicted octanol–water partition coefficient (Wildman–Crippen LogP) is 5.13. The van der Waals surface area contributed by atoms with Gasteiger partial charge in [0.25, 0.3) is 8.32 Å². The van der Waals surface area contributed by atoms with Crippen molar-refractivity contribution >= 4 is 30.1 Å². The monoisotopic (exact) mass is 619 g/mol. The first-order valence-corrected chi connectivity index (χ1v) is 16.7. The normalized spacial score (nSPS) is 18.1. The summed E-state index contributed by atoms with van der Waals surface area (Å²) in [6, 6.07) is 21.8. The quantitative estimate of drug-likeness (QED) is 0.121. The molecular formula is C33H39F2N5O3Si. The first-order valence-electron chi connectivity index (χ1n) is 14.7. The van der Waals surface area contributed by atoms with E-state index in [9.17, 15) is 5.21 Å². The molecule has 0 aliphatic carbocycles.